The number of aromatic nitrogens is 2. The molecule has 2 rings (SSSR count). The average molecular weight is 325 g/mol. The van der Waals surface area contributed by atoms with E-state index in [1.165, 1.54) is 0 Å². The van der Waals surface area contributed by atoms with Crippen LogP contribution < -0.4 is 4.90 Å². The molecule has 1 amide bonds. The molecular formula is C8H6ClFN4O5S. The molecule has 0 aromatic carbocycles. The smallest absolute Gasteiger partial charge is 0.289 e. The van der Waals surface area contributed by atoms with Gasteiger partial charge in [-0.2, -0.15) is 13.4 Å². The number of anilines is 1. The van der Waals surface area contributed by atoms with E-state index in [0.29, 0.717) is 4.90 Å². The number of hydrogen-bond acceptors (Lipinski definition) is 7. The summed E-state index contributed by atoms with van der Waals surface area (Å²) < 4.78 is 34.5. The van der Waals surface area contributed by atoms with Crippen LogP contribution in [-0.2, 0) is 15.0 Å². The number of carbonyl (C=O) groups is 1. The van der Waals surface area contributed by atoms with Crippen molar-refractivity contribution in [3.8, 4) is 0 Å². The highest BCUT2D eigenvalue weighted by Gasteiger charge is 2.42. The minimum absolute atomic E-state index is 0.357. The number of amides is 1. The Balaban J connectivity index is 2.45. The number of carbonyl (C=O) groups excluding carboxylic acids is 1. The van der Waals surface area contributed by atoms with Crippen LogP contribution in [0.25, 0.3) is 0 Å². The number of rotatable bonds is 3. The van der Waals surface area contributed by atoms with Gasteiger partial charge in [-0.05, 0) is 11.6 Å². The van der Waals surface area contributed by atoms with Gasteiger partial charge in [0.25, 0.3) is 0 Å². The summed E-state index contributed by atoms with van der Waals surface area (Å²) in [6, 6.07) is 0. The minimum atomic E-state index is -4.93. The first kappa shape index (κ1) is 14.5. The van der Waals surface area contributed by atoms with Crippen LogP contribution in [0.15, 0.2) is 6.20 Å². The predicted molar refractivity (Wildman–Crippen MR) is 64.5 cm³/mol. The van der Waals surface area contributed by atoms with Gasteiger partial charge in [-0.3, -0.25) is 19.8 Å². The first-order valence-electron chi connectivity index (χ1n) is 5.11. The van der Waals surface area contributed by atoms with Gasteiger partial charge in [0.2, 0.25) is 17.0 Å². The van der Waals surface area contributed by atoms with Crippen molar-refractivity contribution >= 4 is 39.2 Å². The summed E-state index contributed by atoms with van der Waals surface area (Å²) in [6.07, 6.45) is 0.173. The van der Waals surface area contributed by atoms with Crippen LogP contribution in [0.4, 0.5) is 15.4 Å². The van der Waals surface area contributed by atoms with Crippen LogP contribution in [0.2, 0.25) is 5.28 Å². The number of nitro groups is 1. The summed E-state index contributed by atoms with van der Waals surface area (Å²) in [4.78, 5) is 29.3. The van der Waals surface area contributed by atoms with E-state index in [1.54, 1.807) is 0 Å². The SMILES string of the molecule is O=C1CC(S(=O)(=O)F)CN1c1nc(Cl)ncc1[N+](=O)[O-]. The maximum Gasteiger partial charge on any atom is 0.330 e. The molecule has 0 radical (unpaired) electrons. The zero-order valence-electron chi connectivity index (χ0n) is 9.56. The van der Waals surface area contributed by atoms with E-state index < -0.39 is 50.8 Å². The summed E-state index contributed by atoms with van der Waals surface area (Å²) in [5.74, 6) is -1.25. The van der Waals surface area contributed by atoms with Gasteiger partial charge in [-0.1, -0.05) is 0 Å². The van der Waals surface area contributed by atoms with Crippen molar-refractivity contribution < 1.29 is 22.0 Å². The maximum atomic E-state index is 12.9. The molecular weight excluding hydrogens is 319 g/mol. The third-order valence-electron chi connectivity index (χ3n) is 2.66. The van der Waals surface area contributed by atoms with Crippen LogP contribution in [0, 0.1) is 10.1 Å². The number of hydrogen-bond donors (Lipinski definition) is 0. The Morgan fingerprint density at radius 1 is 1.55 bits per heavy atom. The average Bonchev–Trinajstić information content (AvgIpc) is 2.70. The highest BCUT2D eigenvalue weighted by molar-refractivity contribution is 7.87. The molecule has 2 heterocycles. The molecule has 0 N–H and O–H groups in total. The number of halogens is 2. The Hall–Kier alpha value is -1.88. The first-order valence-corrected chi connectivity index (χ1v) is 6.93. The van der Waals surface area contributed by atoms with Crippen molar-refractivity contribution in [1.29, 1.82) is 0 Å². The molecule has 1 saturated heterocycles. The maximum absolute atomic E-state index is 12.9. The van der Waals surface area contributed by atoms with E-state index in [1.807, 2.05) is 0 Å². The molecule has 1 atom stereocenters. The Morgan fingerprint density at radius 3 is 2.70 bits per heavy atom. The molecule has 9 nitrogen and oxygen atoms in total. The van der Waals surface area contributed by atoms with Gasteiger partial charge >= 0.3 is 15.9 Å². The molecule has 1 aliphatic rings. The molecule has 1 fully saturated rings. The van der Waals surface area contributed by atoms with Crippen LogP contribution in [-0.4, -0.2) is 41.0 Å². The first-order chi connectivity index (χ1) is 9.20. The van der Waals surface area contributed by atoms with Gasteiger partial charge in [0.1, 0.15) is 11.4 Å². The molecule has 1 unspecified atom stereocenters. The van der Waals surface area contributed by atoms with Gasteiger partial charge in [0.05, 0.1) is 4.92 Å². The second kappa shape index (κ2) is 4.90. The third-order valence-corrected chi connectivity index (χ3v) is 3.95. The lowest BCUT2D eigenvalue weighted by molar-refractivity contribution is -0.384. The molecule has 0 spiro atoms. The Kier molecular flexibility index (Phi) is 3.56. The van der Waals surface area contributed by atoms with Crippen molar-refractivity contribution in [2.75, 3.05) is 11.4 Å². The third kappa shape index (κ3) is 2.67. The van der Waals surface area contributed by atoms with Crippen molar-refractivity contribution in [3.63, 3.8) is 0 Å². The predicted octanol–water partition coefficient (Wildman–Crippen LogP) is 0.443. The quantitative estimate of drug-likeness (QED) is 0.342. The van der Waals surface area contributed by atoms with Gasteiger partial charge in [-0.15, -0.1) is 3.89 Å². The Morgan fingerprint density at radius 2 is 2.20 bits per heavy atom. The molecule has 12 heteroatoms. The summed E-state index contributed by atoms with van der Waals surface area (Å²) in [5.41, 5.74) is -0.625. The van der Waals surface area contributed by atoms with Crippen LogP contribution in [0.3, 0.4) is 0 Å². The van der Waals surface area contributed by atoms with E-state index in [4.69, 9.17) is 11.6 Å². The highest BCUT2D eigenvalue weighted by Crippen LogP contribution is 2.31. The Bertz CT molecular complexity index is 696. The van der Waals surface area contributed by atoms with E-state index >= 15 is 0 Å². The van der Waals surface area contributed by atoms with Crippen molar-refractivity contribution in [2.24, 2.45) is 0 Å². The second-order valence-electron chi connectivity index (χ2n) is 3.91. The van der Waals surface area contributed by atoms with Gasteiger partial charge in [-0.25, -0.2) is 4.98 Å². The molecule has 0 saturated carbocycles. The highest BCUT2D eigenvalue weighted by atomic mass is 35.5. The lowest BCUT2D eigenvalue weighted by atomic mass is 10.4. The summed E-state index contributed by atoms with van der Waals surface area (Å²) in [7, 11) is -4.93. The van der Waals surface area contributed by atoms with Crippen LogP contribution in [0.5, 0.6) is 0 Å². The van der Waals surface area contributed by atoms with E-state index in [9.17, 15) is 27.2 Å². The summed E-state index contributed by atoms with van der Waals surface area (Å²) in [6.45, 7) is -0.564. The lowest BCUT2D eigenvalue weighted by Gasteiger charge is -2.14. The summed E-state index contributed by atoms with van der Waals surface area (Å²) in [5, 5.41) is 8.89. The molecule has 20 heavy (non-hydrogen) atoms. The molecule has 0 aliphatic carbocycles. The summed E-state index contributed by atoms with van der Waals surface area (Å²) >= 11 is 5.50. The fraction of sp³-hybridized carbons (Fsp3) is 0.375. The largest absolute Gasteiger partial charge is 0.330 e. The van der Waals surface area contributed by atoms with Crippen LogP contribution >= 0.6 is 11.6 Å². The molecule has 1 aromatic heterocycles. The second-order valence-corrected chi connectivity index (χ2v) is 5.87. The fourth-order valence-corrected chi connectivity index (χ4v) is 2.54. The van der Waals surface area contributed by atoms with Crippen molar-refractivity contribution in [3.05, 3.63) is 21.6 Å². The lowest BCUT2D eigenvalue weighted by Crippen LogP contribution is -2.28. The monoisotopic (exact) mass is 324 g/mol. The van der Waals surface area contributed by atoms with E-state index in [2.05, 4.69) is 9.97 Å². The normalized spacial score (nSPS) is 19.4. The van der Waals surface area contributed by atoms with Gasteiger partial charge in [0, 0.05) is 13.0 Å². The zero-order chi connectivity index (χ0) is 15.1. The number of nitrogens with zero attached hydrogens (tertiary/aromatic N) is 4. The minimum Gasteiger partial charge on any atom is -0.289 e. The standard InChI is InChI=1S/C8H6ClFN4O5S/c9-8-11-2-5(14(16)17)7(12-8)13-3-4(1-6(13)15)20(10,18)19/h2,4H,1,3H2. The fourth-order valence-electron chi connectivity index (χ4n) is 1.74. The van der Waals surface area contributed by atoms with Crippen molar-refractivity contribution in [1.82, 2.24) is 9.97 Å². The zero-order valence-corrected chi connectivity index (χ0v) is 11.1. The van der Waals surface area contributed by atoms with Crippen LogP contribution in [0.1, 0.15) is 6.42 Å². The van der Waals surface area contributed by atoms with Crippen molar-refractivity contribution in [2.45, 2.75) is 11.7 Å². The molecule has 108 valence electrons. The van der Waals surface area contributed by atoms with Gasteiger partial charge in [0.15, 0.2) is 0 Å². The van der Waals surface area contributed by atoms with E-state index in [0.717, 1.165) is 6.20 Å². The molecule has 1 aliphatic heterocycles. The molecule has 1 aromatic rings. The van der Waals surface area contributed by atoms with E-state index in [-0.39, 0.29) is 5.28 Å². The molecule has 0 bridgehead atoms. The Labute approximate surface area is 116 Å². The topological polar surface area (TPSA) is 123 Å². The van der Waals surface area contributed by atoms with Gasteiger partial charge < -0.3 is 0 Å².